The molecule has 0 unspecified atom stereocenters. The van der Waals surface area contributed by atoms with Gasteiger partial charge in [-0.2, -0.15) is 0 Å². The lowest BCUT2D eigenvalue weighted by atomic mass is 9.84. The summed E-state index contributed by atoms with van der Waals surface area (Å²) in [6.45, 7) is 4.28. The van der Waals surface area contributed by atoms with E-state index in [1.807, 2.05) is 0 Å². The van der Waals surface area contributed by atoms with E-state index in [2.05, 4.69) is 0 Å². The third-order valence-electron chi connectivity index (χ3n) is 1.78. The molecule has 0 aromatic heterocycles. The van der Waals surface area contributed by atoms with Crippen molar-refractivity contribution in [3.63, 3.8) is 0 Å². The second-order valence-electron chi connectivity index (χ2n) is 3.36. The summed E-state index contributed by atoms with van der Waals surface area (Å²) in [5.74, 6) is -0.0220. The Morgan fingerprint density at radius 3 is 2.73 bits per heavy atom. The Hall–Kier alpha value is -0.830. The van der Waals surface area contributed by atoms with Gasteiger partial charge in [-0.25, -0.2) is 0 Å². The Bertz CT molecular complexity index is 203. The average molecular weight is 156 g/mol. The van der Waals surface area contributed by atoms with Crippen molar-refractivity contribution >= 4 is 5.78 Å². The highest BCUT2D eigenvalue weighted by molar-refractivity contribution is 6.00. The number of rotatable bonds is 0. The number of hydrogen-bond donors (Lipinski definition) is 1. The summed E-state index contributed by atoms with van der Waals surface area (Å²) < 4.78 is 5.11. The molecule has 0 aromatic rings. The Morgan fingerprint density at radius 2 is 2.27 bits per heavy atom. The lowest BCUT2D eigenvalue weighted by Gasteiger charge is -2.28. The van der Waals surface area contributed by atoms with E-state index >= 15 is 0 Å². The van der Waals surface area contributed by atoms with E-state index in [4.69, 9.17) is 9.84 Å². The van der Waals surface area contributed by atoms with Crippen LogP contribution in [0.3, 0.4) is 0 Å². The monoisotopic (exact) mass is 156 g/mol. The van der Waals surface area contributed by atoms with Crippen molar-refractivity contribution in [3.8, 4) is 0 Å². The van der Waals surface area contributed by atoms with E-state index in [1.54, 1.807) is 13.8 Å². The van der Waals surface area contributed by atoms with Crippen molar-refractivity contribution in [2.75, 3.05) is 13.2 Å². The zero-order chi connectivity index (χ0) is 8.48. The highest BCUT2D eigenvalue weighted by Gasteiger charge is 2.34. The number of aliphatic hydroxyl groups is 1. The molecule has 62 valence electrons. The zero-order valence-electron chi connectivity index (χ0n) is 6.76. The highest BCUT2D eigenvalue weighted by atomic mass is 16.5. The quantitative estimate of drug-likeness (QED) is 0.421. The van der Waals surface area contributed by atoms with Crippen LogP contribution in [-0.2, 0) is 9.53 Å². The van der Waals surface area contributed by atoms with Gasteiger partial charge in [0.2, 0.25) is 0 Å². The number of carbonyl (C=O) groups excluding carboxylic acids is 1. The molecule has 1 aliphatic heterocycles. The molecule has 0 atom stereocenters. The first-order valence-corrected chi connectivity index (χ1v) is 3.54. The van der Waals surface area contributed by atoms with Crippen LogP contribution in [0.5, 0.6) is 0 Å². The number of hydrogen-bond acceptors (Lipinski definition) is 3. The maximum Gasteiger partial charge on any atom is 0.172 e. The molecule has 0 radical (unpaired) electrons. The molecule has 0 aliphatic carbocycles. The molecule has 1 saturated heterocycles. The number of aliphatic hydroxyl groups excluding tert-OH is 1. The van der Waals surface area contributed by atoms with Crippen molar-refractivity contribution in [1.29, 1.82) is 0 Å². The molecule has 1 fully saturated rings. The lowest BCUT2D eigenvalue weighted by molar-refractivity contribution is -0.130. The minimum atomic E-state index is -0.479. The van der Waals surface area contributed by atoms with Gasteiger partial charge in [-0.15, -0.1) is 0 Å². The molecular weight excluding hydrogens is 144 g/mol. The SMILES string of the molecule is CC1(C)COCC(=CO)C1=O. The summed E-state index contributed by atoms with van der Waals surface area (Å²) in [6.07, 6.45) is 0.837. The Kier molecular flexibility index (Phi) is 2.00. The molecule has 3 nitrogen and oxygen atoms in total. The molecule has 1 heterocycles. The van der Waals surface area contributed by atoms with Crippen LogP contribution in [-0.4, -0.2) is 24.1 Å². The molecule has 1 N–H and O–H groups in total. The molecule has 11 heavy (non-hydrogen) atoms. The molecule has 1 rings (SSSR count). The third kappa shape index (κ3) is 1.43. The van der Waals surface area contributed by atoms with Gasteiger partial charge < -0.3 is 9.84 Å². The van der Waals surface area contributed by atoms with Gasteiger partial charge in [-0.05, 0) is 0 Å². The van der Waals surface area contributed by atoms with Crippen LogP contribution in [0, 0.1) is 5.41 Å². The molecular formula is C8H12O3. The van der Waals surface area contributed by atoms with E-state index < -0.39 is 5.41 Å². The number of carbonyl (C=O) groups is 1. The van der Waals surface area contributed by atoms with Gasteiger partial charge in [0, 0.05) is 0 Å². The first-order chi connectivity index (χ1) is 5.08. The van der Waals surface area contributed by atoms with Crippen molar-refractivity contribution in [3.05, 3.63) is 11.8 Å². The van der Waals surface area contributed by atoms with Crippen LogP contribution in [0.1, 0.15) is 13.8 Å². The fraction of sp³-hybridized carbons (Fsp3) is 0.625. The Labute approximate surface area is 65.7 Å². The topological polar surface area (TPSA) is 46.5 Å². The molecule has 0 aromatic carbocycles. The van der Waals surface area contributed by atoms with E-state index in [-0.39, 0.29) is 12.4 Å². The predicted octanol–water partition coefficient (Wildman–Crippen LogP) is 1.05. The minimum Gasteiger partial charge on any atom is -0.515 e. The van der Waals surface area contributed by atoms with Crippen LogP contribution in [0.15, 0.2) is 11.8 Å². The smallest absolute Gasteiger partial charge is 0.172 e. The van der Waals surface area contributed by atoms with Gasteiger partial charge in [0.05, 0.1) is 30.5 Å². The van der Waals surface area contributed by atoms with Crippen LogP contribution in [0.4, 0.5) is 0 Å². The summed E-state index contributed by atoms with van der Waals surface area (Å²) in [4.78, 5) is 11.4. The Morgan fingerprint density at radius 1 is 1.64 bits per heavy atom. The summed E-state index contributed by atoms with van der Waals surface area (Å²) in [7, 11) is 0. The predicted molar refractivity (Wildman–Crippen MR) is 40.3 cm³/mol. The van der Waals surface area contributed by atoms with E-state index in [9.17, 15) is 4.79 Å². The zero-order valence-corrected chi connectivity index (χ0v) is 6.76. The molecule has 0 bridgehead atoms. The lowest BCUT2D eigenvalue weighted by Crippen LogP contribution is -2.37. The first kappa shape index (κ1) is 8.27. The fourth-order valence-electron chi connectivity index (χ4n) is 1.08. The van der Waals surface area contributed by atoms with E-state index in [0.29, 0.717) is 12.2 Å². The van der Waals surface area contributed by atoms with Gasteiger partial charge in [-0.1, -0.05) is 13.8 Å². The number of ketones is 1. The van der Waals surface area contributed by atoms with Gasteiger partial charge in [0.1, 0.15) is 0 Å². The molecule has 3 heteroatoms. The number of ether oxygens (including phenoxy) is 1. The van der Waals surface area contributed by atoms with Crippen LogP contribution in [0.2, 0.25) is 0 Å². The fourth-order valence-corrected chi connectivity index (χ4v) is 1.08. The maximum atomic E-state index is 11.4. The van der Waals surface area contributed by atoms with Crippen molar-refractivity contribution < 1.29 is 14.6 Å². The van der Waals surface area contributed by atoms with Gasteiger partial charge in [-0.3, -0.25) is 4.79 Å². The van der Waals surface area contributed by atoms with Crippen LogP contribution in [0.25, 0.3) is 0 Å². The summed E-state index contributed by atoms with van der Waals surface area (Å²) in [6, 6.07) is 0. The van der Waals surface area contributed by atoms with E-state index in [1.165, 1.54) is 0 Å². The van der Waals surface area contributed by atoms with Gasteiger partial charge in [0.25, 0.3) is 0 Å². The Balaban J connectivity index is 2.85. The third-order valence-corrected chi connectivity index (χ3v) is 1.78. The second-order valence-corrected chi connectivity index (χ2v) is 3.36. The largest absolute Gasteiger partial charge is 0.515 e. The van der Waals surface area contributed by atoms with Crippen molar-refractivity contribution in [1.82, 2.24) is 0 Å². The van der Waals surface area contributed by atoms with E-state index in [0.717, 1.165) is 6.26 Å². The normalized spacial score (nSPS) is 27.5. The standard InChI is InChI=1S/C8H12O3/c1-8(2)5-11-4-6(3-9)7(8)10/h3,9H,4-5H2,1-2H3. The van der Waals surface area contributed by atoms with Crippen LogP contribution < -0.4 is 0 Å². The first-order valence-electron chi connectivity index (χ1n) is 3.54. The summed E-state index contributed by atoms with van der Waals surface area (Å²) in [5.41, 5.74) is -0.117. The highest BCUT2D eigenvalue weighted by Crippen LogP contribution is 2.25. The number of Topliss-reactive ketones (excluding diaryl/α,β-unsaturated/α-hetero) is 1. The minimum absolute atomic E-state index is 0.0220. The molecule has 0 amide bonds. The summed E-state index contributed by atoms with van der Waals surface area (Å²) in [5, 5.41) is 8.63. The maximum absolute atomic E-state index is 11.4. The second kappa shape index (κ2) is 2.66. The van der Waals surface area contributed by atoms with Crippen molar-refractivity contribution in [2.24, 2.45) is 5.41 Å². The molecule has 0 saturated carbocycles. The van der Waals surface area contributed by atoms with Gasteiger partial charge in [0.15, 0.2) is 5.78 Å². The summed E-state index contributed by atoms with van der Waals surface area (Å²) >= 11 is 0. The average Bonchev–Trinajstić information content (AvgIpc) is 1.95. The van der Waals surface area contributed by atoms with Crippen LogP contribution >= 0.6 is 0 Å². The van der Waals surface area contributed by atoms with Crippen molar-refractivity contribution in [2.45, 2.75) is 13.8 Å². The molecule has 1 aliphatic rings. The molecule has 0 spiro atoms. The van der Waals surface area contributed by atoms with Gasteiger partial charge >= 0.3 is 0 Å².